The molecular formula is C124H80Br4N12. The predicted molar refractivity (Wildman–Crippen MR) is 591 cm³/mol. The van der Waals surface area contributed by atoms with E-state index in [2.05, 4.69) is 442 Å². The molecule has 0 aliphatic rings. The lowest BCUT2D eigenvalue weighted by molar-refractivity contribution is 1.14. The number of hydrogen-bond donors (Lipinski definition) is 0. The number of fused-ring (bicyclic) bond motifs is 12. The van der Waals surface area contributed by atoms with Crippen molar-refractivity contribution in [2.75, 3.05) is 0 Å². The maximum atomic E-state index is 5.03. The zero-order chi connectivity index (χ0) is 93.9. The van der Waals surface area contributed by atoms with Crippen LogP contribution in [0.25, 0.3) is 223 Å². The summed E-state index contributed by atoms with van der Waals surface area (Å²) in [5.41, 5.74) is 32.3. The molecule has 12 nitrogen and oxygen atoms in total. The standard InChI is InChI=1S/C35H23BrN2.C34H22BrN3.C28H18BrN3.C27H17BrN4/c36-31-16-9-15-30-29-14-7-8-17-34(29)38(35(30)31)28-20-18-24(19-21-28)27-22-32(25-10-3-1-4-11-25)37-33(23-27)26-12-5-2-6-13-26;35-29-16-9-15-28-27-14-7-8-17-32(27)38(33(28)29)26-20-18-24(19-21-26)31-22-30(23-10-3-1-4-11-23)36-34(37-31)25-12-5-2-6-13-25;29-24-10-7-9-23-22-8-1-2-13-27(22)32(28(23)24)21-17-19(25-11-3-5-14-30-25)16-20(18-21)26-12-4-6-15-31-26;28-21-10-7-9-20-19-8-1-2-13-26(19)32(27(20)21)18-16-24(22-11-3-5-14-29-22)31-25(17-18)23-12-4-6-15-30-23/h1-23H;1-22H;1-18H;1-17H. The molecule has 16 heteroatoms. The highest BCUT2D eigenvalue weighted by molar-refractivity contribution is 9.11. The Kier molecular flexibility index (Phi) is 24.3. The lowest BCUT2D eigenvalue weighted by atomic mass is 10.00. The largest absolute Gasteiger partial charge is 0.308 e. The number of aromatic nitrogens is 12. The summed E-state index contributed by atoms with van der Waals surface area (Å²) in [5, 5.41) is 9.82. The highest BCUT2D eigenvalue weighted by Gasteiger charge is 2.24. The van der Waals surface area contributed by atoms with Crippen LogP contribution < -0.4 is 0 Å². The summed E-state index contributed by atoms with van der Waals surface area (Å²) in [7, 11) is 0. The van der Waals surface area contributed by atoms with Crippen molar-refractivity contribution in [1.82, 2.24) is 58.1 Å². The van der Waals surface area contributed by atoms with Gasteiger partial charge in [-0.25, -0.2) is 19.9 Å². The second-order valence-electron chi connectivity index (χ2n) is 33.8. The summed E-state index contributed by atoms with van der Waals surface area (Å²) in [6.07, 6.45) is 7.25. The molecule has 26 aromatic rings. The molecule has 15 aromatic carbocycles. The molecule has 0 unspecified atom stereocenters. The average molecular weight is 2060 g/mol. The van der Waals surface area contributed by atoms with Crippen LogP contribution in [-0.4, -0.2) is 58.1 Å². The topological polar surface area (TPSA) is 123 Å². The molecule has 0 saturated carbocycles. The van der Waals surface area contributed by atoms with E-state index in [1.165, 1.54) is 70.7 Å². The van der Waals surface area contributed by atoms with Crippen molar-refractivity contribution in [2.45, 2.75) is 0 Å². The number of para-hydroxylation sites is 8. The van der Waals surface area contributed by atoms with Crippen molar-refractivity contribution in [2.24, 2.45) is 0 Å². The Labute approximate surface area is 841 Å². The van der Waals surface area contributed by atoms with Crippen LogP contribution in [-0.2, 0) is 0 Å². The third-order valence-corrected chi connectivity index (χ3v) is 27.8. The van der Waals surface area contributed by atoms with Crippen LogP contribution >= 0.6 is 63.7 Å². The summed E-state index contributed by atoms with van der Waals surface area (Å²) in [6.45, 7) is 0. The van der Waals surface area contributed by atoms with Gasteiger partial charge in [0.15, 0.2) is 5.82 Å². The predicted octanol–water partition coefficient (Wildman–Crippen LogP) is 34.0. The van der Waals surface area contributed by atoms with Crippen molar-refractivity contribution in [3.05, 3.63) is 504 Å². The summed E-state index contributed by atoms with van der Waals surface area (Å²) in [5.74, 6) is 0.720. The number of nitrogens with zero attached hydrogens (tertiary/aromatic N) is 12. The Morgan fingerprint density at radius 2 is 0.421 bits per heavy atom. The quantitative estimate of drug-likeness (QED) is 0.105. The molecule has 0 atom stereocenters. The van der Waals surface area contributed by atoms with E-state index >= 15 is 0 Å². The monoisotopic (exact) mass is 2050 g/mol. The van der Waals surface area contributed by atoms with E-state index in [1.807, 2.05) is 134 Å². The van der Waals surface area contributed by atoms with Crippen LogP contribution in [0.3, 0.4) is 0 Å². The molecule has 140 heavy (non-hydrogen) atoms. The maximum absolute atomic E-state index is 5.03. The molecule has 11 heterocycles. The van der Waals surface area contributed by atoms with Crippen molar-refractivity contribution < 1.29 is 0 Å². The molecule has 0 saturated heterocycles. The van der Waals surface area contributed by atoms with Crippen molar-refractivity contribution in [3.8, 4) is 136 Å². The highest BCUT2D eigenvalue weighted by Crippen LogP contribution is 2.45. The third-order valence-electron chi connectivity index (χ3n) is 25.3. The first-order valence-electron chi connectivity index (χ1n) is 46.0. The van der Waals surface area contributed by atoms with E-state index in [1.54, 1.807) is 12.4 Å². The number of benzene rings is 15. The van der Waals surface area contributed by atoms with Gasteiger partial charge in [-0.05, 0) is 245 Å². The van der Waals surface area contributed by atoms with Crippen LogP contribution in [0.15, 0.2) is 504 Å². The second-order valence-corrected chi connectivity index (χ2v) is 37.2. The number of pyridine rings is 6. The van der Waals surface area contributed by atoms with Gasteiger partial charge in [0, 0.05) is 142 Å². The summed E-state index contributed by atoms with van der Waals surface area (Å²) in [4.78, 5) is 38.2. The fourth-order valence-electron chi connectivity index (χ4n) is 18.9. The van der Waals surface area contributed by atoms with Gasteiger partial charge in [0.1, 0.15) is 0 Å². The Morgan fingerprint density at radius 1 is 0.150 bits per heavy atom. The van der Waals surface area contributed by atoms with Gasteiger partial charge in [0.05, 0.1) is 107 Å². The Bertz CT molecular complexity index is 8310. The van der Waals surface area contributed by atoms with E-state index in [0.29, 0.717) is 0 Å². The molecular weight excluding hydrogens is 1980 g/mol. The van der Waals surface area contributed by atoms with E-state index in [0.717, 1.165) is 170 Å². The first-order valence-corrected chi connectivity index (χ1v) is 49.2. The molecule has 11 aromatic heterocycles. The minimum Gasteiger partial charge on any atom is -0.308 e. The van der Waals surface area contributed by atoms with E-state index in [9.17, 15) is 0 Å². The zero-order valence-corrected chi connectivity index (χ0v) is 81.4. The SMILES string of the molecule is Brc1cccc2c3ccccc3n(-c3cc(-c4ccccn4)cc(-c4ccccn4)c3)c12.Brc1cccc2c3ccccc3n(-c3cc(-c4ccccn4)nc(-c4ccccn4)c3)c12.Brc1cccc2c3ccccc3n(-c3ccc(-c4cc(-c5ccccc5)nc(-c5ccccc5)c4)cc3)c12.Brc1cccc2c3ccccc3n(-c3ccc(-c4cc(-c5ccccc5)nc(-c5ccccc5)n4)cc3)c12. The van der Waals surface area contributed by atoms with E-state index in [-0.39, 0.29) is 0 Å². The average Bonchev–Trinajstić information content (AvgIpc) is 1.58. The molecule has 0 bridgehead atoms. The van der Waals surface area contributed by atoms with Crippen LogP contribution in [0.1, 0.15) is 0 Å². The van der Waals surface area contributed by atoms with Gasteiger partial charge >= 0.3 is 0 Å². The van der Waals surface area contributed by atoms with Crippen LogP contribution in [0.4, 0.5) is 0 Å². The van der Waals surface area contributed by atoms with Gasteiger partial charge in [-0.1, -0.05) is 291 Å². The molecule has 0 spiro atoms. The van der Waals surface area contributed by atoms with E-state index in [4.69, 9.17) is 19.9 Å². The summed E-state index contributed by atoms with van der Waals surface area (Å²) >= 11 is 15.2. The summed E-state index contributed by atoms with van der Waals surface area (Å²) in [6, 6.07) is 159. The molecule has 0 aliphatic heterocycles. The molecule has 0 N–H and O–H groups in total. The first-order chi connectivity index (χ1) is 69.1. The molecule has 0 aliphatic carbocycles. The summed E-state index contributed by atoms with van der Waals surface area (Å²) < 4.78 is 13.5. The van der Waals surface area contributed by atoms with Crippen LogP contribution in [0, 0.1) is 0 Å². The van der Waals surface area contributed by atoms with E-state index < -0.39 is 0 Å². The van der Waals surface area contributed by atoms with Gasteiger partial charge < -0.3 is 18.3 Å². The van der Waals surface area contributed by atoms with Crippen molar-refractivity contribution in [1.29, 1.82) is 0 Å². The first kappa shape index (κ1) is 87.4. The lowest BCUT2D eigenvalue weighted by Crippen LogP contribution is -1.99. The number of rotatable bonds is 14. The van der Waals surface area contributed by atoms with Gasteiger partial charge in [-0.3, -0.25) is 19.9 Å². The fourth-order valence-corrected chi connectivity index (χ4v) is 21.1. The van der Waals surface area contributed by atoms with Gasteiger partial charge in [-0.15, -0.1) is 0 Å². The molecule has 0 fully saturated rings. The van der Waals surface area contributed by atoms with Gasteiger partial charge in [0.25, 0.3) is 0 Å². The molecule has 0 radical (unpaired) electrons. The lowest BCUT2D eigenvalue weighted by Gasteiger charge is -2.13. The highest BCUT2D eigenvalue weighted by atomic mass is 79.9. The Morgan fingerprint density at radius 3 is 0.764 bits per heavy atom. The van der Waals surface area contributed by atoms with Crippen LogP contribution in [0.2, 0.25) is 0 Å². The minimum atomic E-state index is 0.720. The molecule has 0 amide bonds. The Balaban J connectivity index is 0.000000104. The van der Waals surface area contributed by atoms with Crippen molar-refractivity contribution >= 4 is 151 Å². The van der Waals surface area contributed by atoms with Gasteiger partial charge in [0.2, 0.25) is 0 Å². The maximum Gasteiger partial charge on any atom is 0.160 e. The van der Waals surface area contributed by atoms with Crippen molar-refractivity contribution in [3.63, 3.8) is 0 Å². The smallest absolute Gasteiger partial charge is 0.160 e. The third kappa shape index (κ3) is 17.3. The number of halogens is 4. The Hall–Kier alpha value is -16.6. The molecule has 26 rings (SSSR count). The normalized spacial score (nSPS) is 11.3. The number of hydrogen-bond acceptors (Lipinski definition) is 8. The molecule has 664 valence electrons. The van der Waals surface area contributed by atoms with Crippen LogP contribution in [0.5, 0.6) is 0 Å². The fraction of sp³-hybridized carbons (Fsp3) is 0. The second kappa shape index (κ2) is 38.9. The minimum absolute atomic E-state index is 0.720. The zero-order valence-electron chi connectivity index (χ0n) is 75.1. The van der Waals surface area contributed by atoms with Gasteiger partial charge in [-0.2, -0.15) is 0 Å².